The van der Waals surface area contributed by atoms with E-state index < -0.39 is 0 Å². The monoisotopic (exact) mass is 338 g/mol. The molecule has 0 saturated carbocycles. The van der Waals surface area contributed by atoms with Crippen molar-refractivity contribution in [2.75, 3.05) is 5.32 Å². The lowest BCUT2D eigenvalue weighted by atomic mass is 10.3. The predicted molar refractivity (Wildman–Crippen MR) is 92.5 cm³/mol. The molecule has 1 aromatic carbocycles. The smallest absolute Gasteiger partial charge is 0.319 e. The molecule has 0 fully saturated rings. The van der Waals surface area contributed by atoms with E-state index >= 15 is 0 Å². The van der Waals surface area contributed by atoms with Gasteiger partial charge in [-0.15, -0.1) is 0 Å². The number of nitrogens with one attached hydrogen (secondary N) is 2. The molecule has 0 bridgehead atoms. The predicted octanol–water partition coefficient (Wildman–Crippen LogP) is 3.75. The molecule has 3 aromatic rings. The second-order valence-corrected chi connectivity index (χ2v) is 5.18. The first kappa shape index (κ1) is 16.5. The summed E-state index contributed by atoms with van der Waals surface area (Å²) in [6.45, 7) is 2.19. The molecule has 0 unspecified atom stereocenters. The Morgan fingerprint density at radius 1 is 1.20 bits per heavy atom. The zero-order chi connectivity index (χ0) is 17.5. The number of oxazole rings is 1. The van der Waals surface area contributed by atoms with Crippen molar-refractivity contribution in [1.82, 2.24) is 15.3 Å². The summed E-state index contributed by atoms with van der Waals surface area (Å²) in [6.07, 6.45) is 4.08. The third-order valence-corrected chi connectivity index (χ3v) is 3.30. The fraction of sp³-hybridized carbons (Fsp3) is 0.167. The van der Waals surface area contributed by atoms with Crippen LogP contribution in [0.4, 0.5) is 10.5 Å². The Morgan fingerprint density at radius 3 is 2.88 bits per heavy atom. The van der Waals surface area contributed by atoms with Gasteiger partial charge < -0.3 is 19.8 Å². The Balaban J connectivity index is 1.55. The van der Waals surface area contributed by atoms with Gasteiger partial charge in [-0.05, 0) is 18.2 Å². The molecule has 2 aromatic heterocycles. The summed E-state index contributed by atoms with van der Waals surface area (Å²) in [5, 5.41) is 5.43. The van der Waals surface area contributed by atoms with E-state index in [1.165, 1.54) is 0 Å². The molecule has 0 saturated heterocycles. The second kappa shape index (κ2) is 7.96. The Morgan fingerprint density at radius 2 is 2.12 bits per heavy atom. The van der Waals surface area contributed by atoms with Crippen LogP contribution in [-0.4, -0.2) is 16.0 Å². The molecule has 2 N–H and O–H groups in total. The van der Waals surface area contributed by atoms with Crippen LogP contribution in [0.5, 0.6) is 11.6 Å². The molecule has 2 amide bonds. The van der Waals surface area contributed by atoms with E-state index in [2.05, 4.69) is 20.6 Å². The highest BCUT2D eigenvalue weighted by Gasteiger charge is 2.07. The molecule has 0 aliphatic rings. The van der Waals surface area contributed by atoms with E-state index in [-0.39, 0.29) is 12.6 Å². The maximum atomic E-state index is 12.0. The second-order valence-electron chi connectivity index (χ2n) is 5.18. The number of carbonyl (C=O) groups excluding carboxylic acids is 1. The zero-order valence-electron chi connectivity index (χ0n) is 13.7. The van der Waals surface area contributed by atoms with Gasteiger partial charge in [0.05, 0.1) is 12.7 Å². The van der Waals surface area contributed by atoms with Crippen LogP contribution in [0.1, 0.15) is 18.6 Å². The summed E-state index contributed by atoms with van der Waals surface area (Å²) >= 11 is 0. The number of hydrogen-bond donors (Lipinski definition) is 2. The highest BCUT2D eigenvalue weighted by atomic mass is 16.5. The molecule has 0 radical (unpaired) electrons. The molecule has 25 heavy (non-hydrogen) atoms. The third kappa shape index (κ3) is 4.81. The van der Waals surface area contributed by atoms with Gasteiger partial charge in [-0.25, -0.2) is 14.8 Å². The van der Waals surface area contributed by atoms with Gasteiger partial charge >= 0.3 is 6.03 Å². The summed E-state index contributed by atoms with van der Waals surface area (Å²) in [4.78, 5) is 20.2. The van der Waals surface area contributed by atoms with Gasteiger partial charge in [0.15, 0.2) is 0 Å². The minimum absolute atomic E-state index is 0.218. The van der Waals surface area contributed by atoms with E-state index in [1.807, 2.05) is 19.1 Å². The number of aryl methyl sites for hydroxylation is 1. The number of nitrogens with zero attached hydrogens (tertiary/aromatic N) is 2. The van der Waals surface area contributed by atoms with Crippen molar-refractivity contribution in [3.63, 3.8) is 0 Å². The van der Waals surface area contributed by atoms with Crippen molar-refractivity contribution in [2.45, 2.75) is 19.9 Å². The maximum Gasteiger partial charge on any atom is 0.319 e. The topological polar surface area (TPSA) is 89.3 Å². The number of hydrogen-bond acceptors (Lipinski definition) is 5. The number of benzene rings is 1. The molecule has 2 heterocycles. The number of pyridine rings is 1. The molecule has 3 rings (SSSR count). The highest BCUT2D eigenvalue weighted by molar-refractivity contribution is 5.89. The lowest BCUT2D eigenvalue weighted by Crippen LogP contribution is -2.28. The first-order valence-corrected chi connectivity index (χ1v) is 7.90. The molecular formula is C18H18N4O3. The molecule has 0 aliphatic carbocycles. The van der Waals surface area contributed by atoms with Crippen LogP contribution in [-0.2, 0) is 13.0 Å². The first-order valence-electron chi connectivity index (χ1n) is 7.90. The fourth-order valence-electron chi connectivity index (χ4n) is 2.09. The molecule has 0 spiro atoms. The number of amides is 2. The first-order chi connectivity index (χ1) is 12.2. The van der Waals surface area contributed by atoms with Gasteiger partial charge in [0.2, 0.25) is 11.8 Å². The Labute approximate surface area is 145 Å². The number of carbonyl (C=O) groups is 1. The summed E-state index contributed by atoms with van der Waals surface area (Å²) in [5.41, 5.74) is 0.604. The minimum Gasteiger partial charge on any atom is -0.444 e. The van der Waals surface area contributed by atoms with Crippen molar-refractivity contribution in [3.05, 3.63) is 66.5 Å². The lowest BCUT2D eigenvalue weighted by molar-refractivity contribution is 0.250. The summed E-state index contributed by atoms with van der Waals surface area (Å²) in [6, 6.07) is 12.1. The SMILES string of the molecule is CCc1cnc(CNC(=O)Nc2cccc(Oc3ccccn3)c2)o1. The lowest BCUT2D eigenvalue weighted by Gasteiger charge is -2.08. The quantitative estimate of drug-likeness (QED) is 0.714. The number of urea groups is 1. The van der Waals surface area contributed by atoms with Crippen LogP contribution in [0.3, 0.4) is 0 Å². The Bertz CT molecular complexity index is 833. The van der Waals surface area contributed by atoms with Gasteiger partial charge in [-0.3, -0.25) is 0 Å². The maximum absolute atomic E-state index is 12.0. The number of aromatic nitrogens is 2. The van der Waals surface area contributed by atoms with Crippen LogP contribution in [0.15, 0.2) is 59.3 Å². The van der Waals surface area contributed by atoms with Crippen LogP contribution >= 0.6 is 0 Å². The molecule has 7 nitrogen and oxygen atoms in total. The van der Waals surface area contributed by atoms with Crippen molar-refractivity contribution in [2.24, 2.45) is 0 Å². The normalized spacial score (nSPS) is 10.3. The van der Waals surface area contributed by atoms with Crippen LogP contribution in [0.2, 0.25) is 0 Å². The van der Waals surface area contributed by atoms with Crippen molar-refractivity contribution < 1.29 is 13.9 Å². The van der Waals surface area contributed by atoms with Crippen molar-refractivity contribution in [3.8, 4) is 11.6 Å². The van der Waals surface area contributed by atoms with E-state index in [1.54, 1.807) is 42.7 Å². The number of ether oxygens (including phenoxy) is 1. The number of anilines is 1. The molecule has 7 heteroatoms. The average Bonchev–Trinajstić information content (AvgIpc) is 3.09. The Hall–Kier alpha value is -3.35. The molecule has 0 atom stereocenters. The van der Waals surface area contributed by atoms with Gasteiger partial charge in [-0.1, -0.05) is 19.1 Å². The zero-order valence-corrected chi connectivity index (χ0v) is 13.7. The van der Waals surface area contributed by atoms with Gasteiger partial charge in [0, 0.05) is 30.4 Å². The third-order valence-electron chi connectivity index (χ3n) is 3.30. The molecule has 128 valence electrons. The van der Waals surface area contributed by atoms with E-state index in [0.29, 0.717) is 23.2 Å². The van der Waals surface area contributed by atoms with Crippen molar-refractivity contribution >= 4 is 11.7 Å². The van der Waals surface area contributed by atoms with E-state index in [0.717, 1.165) is 12.2 Å². The summed E-state index contributed by atoms with van der Waals surface area (Å²) in [7, 11) is 0. The largest absolute Gasteiger partial charge is 0.444 e. The number of rotatable bonds is 6. The highest BCUT2D eigenvalue weighted by Crippen LogP contribution is 2.22. The van der Waals surface area contributed by atoms with E-state index in [4.69, 9.17) is 9.15 Å². The minimum atomic E-state index is -0.355. The fourth-order valence-corrected chi connectivity index (χ4v) is 2.09. The van der Waals surface area contributed by atoms with Gasteiger partial charge in [-0.2, -0.15) is 0 Å². The standard InChI is InChI=1S/C18H18N4O3/c1-2-14-11-20-17(24-14)12-21-18(23)22-13-6-5-7-15(10-13)25-16-8-3-4-9-19-16/h3-11H,2,12H2,1H3,(H2,21,22,23). The van der Waals surface area contributed by atoms with Crippen LogP contribution in [0, 0.1) is 0 Å². The van der Waals surface area contributed by atoms with Gasteiger partial charge in [0.1, 0.15) is 11.5 Å². The van der Waals surface area contributed by atoms with Crippen LogP contribution < -0.4 is 15.4 Å². The average molecular weight is 338 g/mol. The van der Waals surface area contributed by atoms with Crippen molar-refractivity contribution in [1.29, 1.82) is 0 Å². The van der Waals surface area contributed by atoms with Crippen LogP contribution in [0.25, 0.3) is 0 Å². The molecular weight excluding hydrogens is 320 g/mol. The summed E-state index contributed by atoms with van der Waals surface area (Å²) in [5.74, 6) is 2.33. The molecule has 0 aliphatic heterocycles. The van der Waals surface area contributed by atoms with E-state index in [9.17, 15) is 4.79 Å². The van der Waals surface area contributed by atoms with Gasteiger partial charge in [0.25, 0.3) is 0 Å². The Kier molecular flexibility index (Phi) is 5.26. The summed E-state index contributed by atoms with van der Waals surface area (Å²) < 4.78 is 11.1.